The van der Waals surface area contributed by atoms with E-state index in [4.69, 9.17) is 21.1 Å². The molecule has 1 aliphatic rings. The number of nitro groups is 1. The number of non-ortho nitro benzene ring substituents is 1. The summed E-state index contributed by atoms with van der Waals surface area (Å²) in [6.45, 7) is 1.06. The van der Waals surface area contributed by atoms with Crippen molar-refractivity contribution in [3.05, 3.63) is 57.1 Å². The average Bonchev–Trinajstić information content (AvgIpc) is 3.43. The van der Waals surface area contributed by atoms with Crippen molar-refractivity contribution in [3.63, 3.8) is 0 Å². The van der Waals surface area contributed by atoms with Gasteiger partial charge in [0.1, 0.15) is 11.3 Å². The predicted octanol–water partition coefficient (Wildman–Crippen LogP) is 4.62. The molecule has 8 nitrogen and oxygen atoms in total. The maximum atomic E-state index is 13.3. The van der Waals surface area contributed by atoms with E-state index in [-0.39, 0.29) is 24.1 Å². The van der Waals surface area contributed by atoms with Crippen LogP contribution in [0.3, 0.4) is 0 Å². The van der Waals surface area contributed by atoms with Crippen molar-refractivity contribution < 1.29 is 19.2 Å². The van der Waals surface area contributed by atoms with Gasteiger partial charge in [0, 0.05) is 18.7 Å². The van der Waals surface area contributed by atoms with Crippen LogP contribution in [0.5, 0.6) is 5.75 Å². The molecule has 1 atom stereocenters. The first-order valence-electron chi connectivity index (χ1n) is 9.74. The molecule has 3 aromatic rings. The molecule has 1 aromatic heterocycles. The Labute approximate surface area is 187 Å². The van der Waals surface area contributed by atoms with Crippen LogP contribution in [-0.4, -0.2) is 42.2 Å². The summed E-state index contributed by atoms with van der Waals surface area (Å²) in [6, 6.07) is 9.48. The number of thiazole rings is 1. The lowest BCUT2D eigenvalue weighted by atomic mass is 10.1. The number of anilines is 1. The zero-order chi connectivity index (χ0) is 22.0. The van der Waals surface area contributed by atoms with Gasteiger partial charge < -0.3 is 9.47 Å². The Hall–Kier alpha value is -2.75. The first kappa shape index (κ1) is 21.5. The van der Waals surface area contributed by atoms with Crippen LogP contribution in [0.2, 0.25) is 5.02 Å². The molecule has 0 bridgehead atoms. The Balaban J connectivity index is 1.65. The van der Waals surface area contributed by atoms with Gasteiger partial charge in [0.15, 0.2) is 5.13 Å². The minimum atomic E-state index is -0.465. The fourth-order valence-electron chi connectivity index (χ4n) is 3.51. The van der Waals surface area contributed by atoms with Crippen molar-refractivity contribution in [2.24, 2.45) is 0 Å². The standard InChI is InChI=1S/C21H20ClN3O5S/c1-29-17-9-8-16(22)20-19(17)23-21(31-20)24(12-15-3-2-10-30-15)18(26)11-13-4-6-14(7-5-13)25(27)28/h4-9,15H,2-3,10-12H2,1H3. The van der Waals surface area contributed by atoms with Crippen molar-refractivity contribution in [2.45, 2.75) is 25.4 Å². The van der Waals surface area contributed by atoms with Crippen LogP contribution in [0, 0.1) is 10.1 Å². The smallest absolute Gasteiger partial charge is 0.269 e. The fourth-order valence-corrected chi connectivity index (χ4v) is 4.79. The molecule has 2 aromatic carbocycles. The maximum Gasteiger partial charge on any atom is 0.269 e. The van der Waals surface area contributed by atoms with Gasteiger partial charge in [-0.05, 0) is 30.5 Å². The van der Waals surface area contributed by atoms with Crippen molar-refractivity contribution in [1.82, 2.24) is 4.98 Å². The summed E-state index contributed by atoms with van der Waals surface area (Å²) in [4.78, 5) is 30.0. The number of fused-ring (bicyclic) bond motifs is 1. The summed E-state index contributed by atoms with van der Waals surface area (Å²) >= 11 is 7.68. The Kier molecular flexibility index (Phi) is 6.35. The van der Waals surface area contributed by atoms with Gasteiger partial charge in [-0.2, -0.15) is 0 Å². The molecule has 1 amide bonds. The van der Waals surface area contributed by atoms with Crippen molar-refractivity contribution in [1.29, 1.82) is 0 Å². The van der Waals surface area contributed by atoms with Gasteiger partial charge in [0.25, 0.3) is 5.69 Å². The molecule has 1 saturated heterocycles. The molecule has 162 valence electrons. The normalized spacial score (nSPS) is 15.9. The molecule has 0 aliphatic carbocycles. The van der Waals surface area contributed by atoms with E-state index in [1.54, 1.807) is 36.3 Å². The number of carbonyl (C=O) groups excluding carboxylic acids is 1. The van der Waals surface area contributed by atoms with E-state index >= 15 is 0 Å². The highest BCUT2D eigenvalue weighted by molar-refractivity contribution is 7.23. The van der Waals surface area contributed by atoms with Crippen LogP contribution in [0.25, 0.3) is 10.2 Å². The van der Waals surface area contributed by atoms with Gasteiger partial charge in [-0.15, -0.1) is 0 Å². The number of amides is 1. The van der Waals surface area contributed by atoms with Crippen molar-refractivity contribution in [2.75, 3.05) is 25.2 Å². The summed E-state index contributed by atoms with van der Waals surface area (Å²) in [5, 5.41) is 11.9. The molecule has 0 spiro atoms. The molecule has 1 aliphatic heterocycles. The monoisotopic (exact) mass is 461 g/mol. The van der Waals surface area contributed by atoms with Gasteiger partial charge in [0.05, 0.1) is 40.8 Å². The van der Waals surface area contributed by atoms with E-state index in [1.165, 1.54) is 23.5 Å². The number of ether oxygens (including phenoxy) is 2. The largest absolute Gasteiger partial charge is 0.494 e. The summed E-state index contributed by atoms with van der Waals surface area (Å²) in [6.07, 6.45) is 1.85. The molecular weight excluding hydrogens is 442 g/mol. The highest BCUT2D eigenvalue weighted by Crippen LogP contribution is 2.39. The molecule has 4 rings (SSSR count). The number of aromatic nitrogens is 1. The quantitative estimate of drug-likeness (QED) is 0.376. The first-order valence-corrected chi connectivity index (χ1v) is 10.9. The second-order valence-electron chi connectivity index (χ2n) is 7.16. The average molecular weight is 462 g/mol. The fraction of sp³-hybridized carbons (Fsp3) is 0.333. The molecular formula is C21H20ClN3O5S. The zero-order valence-corrected chi connectivity index (χ0v) is 18.3. The molecule has 10 heteroatoms. The van der Waals surface area contributed by atoms with Crippen molar-refractivity contribution >= 4 is 49.9 Å². The van der Waals surface area contributed by atoms with Crippen LogP contribution in [-0.2, 0) is 16.0 Å². The summed E-state index contributed by atoms with van der Waals surface area (Å²) in [5.74, 6) is 0.417. The number of rotatable bonds is 7. The Morgan fingerprint density at radius 2 is 2.13 bits per heavy atom. The summed E-state index contributed by atoms with van der Waals surface area (Å²) in [7, 11) is 1.56. The van der Waals surface area contributed by atoms with Crippen LogP contribution >= 0.6 is 22.9 Å². The van der Waals surface area contributed by atoms with E-state index in [0.29, 0.717) is 40.1 Å². The minimum Gasteiger partial charge on any atom is -0.494 e. The van der Waals surface area contributed by atoms with Crippen LogP contribution in [0.4, 0.5) is 10.8 Å². The number of nitrogens with zero attached hydrogens (tertiary/aromatic N) is 3. The molecule has 2 heterocycles. The van der Waals surface area contributed by atoms with E-state index in [9.17, 15) is 14.9 Å². The zero-order valence-electron chi connectivity index (χ0n) is 16.7. The van der Waals surface area contributed by atoms with E-state index in [0.717, 1.165) is 17.5 Å². The number of hydrogen-bond donors (Lipinski definition) is 0. The van der Waals surface area contributed by atoms with Crippen LogP contribution < -0.4 is 9.64 Å². The van der Waals surface area contributed by atoms with Crippen LogP contribution in [0.15, 0.2) is 36.4 Å². The Bertz CT molecular complexity index is 1110. The number of hydrogen-bond acceptors (Lipinski definition) is 7. The molecule has 31 heavy (non-hydrogen) atoms. The highest BCUT2D eigenvalue weighted by atomic mass is 35.5. The van der Waals surface area contributed by atoms with Crippen LogP contribution in [0.1, 0.15) is 18.4 Å². The SMILES string of the molecule is COc1ccc(Cl)c2sc(N(CC3CCCO3)C(=O)Cc3ccc([N+](=O)[O-])cc3)nc12. The highest BCUT2D eigenvalue weighted by Gasteiger charge is 2.27. The molecule has 1 fully saturated rings. The lowest BCUT2D eigenvalue weighted by molar-refractivity contribution is -0.384. The molecule has 0 radical (unpaired) electrons. The molecule has 0 N–H and O–H groups in total. The van der Waals surface area contributed by atoms with Gasteiger partial charge in [-0.3, -0.25) is 19.8 Å². The number of nitro benzene ring substituents is 1. The minimum absolute atomic E-state index is 0.0136. The number of carbonyl (C=O) groups is 1. The lowest BCUT2D eigenvalue weighted by Gasteiger charge is -2.23. The van der Waals surface area contributed by atoms with Gasteiger partial charge in [-0.1, -0.05) is 35.1 Å². The Morgan fingerprint density at radius 3 is 2.77 bits per heavy atom. The second-order valence-corrected chi connectivity index (χ2v) is 8.55. The van der Waals surface area contributed by atoms with E-state index in [2.05, 4.69) is 4.98 Å². The summed E-state index contributed by atoms with van der Waals surface area (Å²) in [5.41, 5.74) is 1.28. The maximum absolute atomic E-state index is 13.3. The number of halogens is 1. The van der Waals surface area contributed by atoms with E-state index < -0.39 is 4.92 Å². The van der Waals surface area contributed by atoms with Gasteiger partial charge in [-0.25, -0.2) is 4.98 Å². The Morgan fingerprint density at radius 1 is 1.35 bits per heavy atom. The van der Waals surface area contributed by atoms with E-state index in [1.807, 2.05) is 0 Å². The topological polar surface area (TPSA) is 94.8 Å². The number of benzene rings is 2. The van der Waals surface area contributed by atoms with Crippen molar-refractivity contribution in [3.8, 4) is 5.75 Å². The molecule has 0 saturated carbocycles. The first-order chi connectivity index (χ1) is 15.0. The lowest BCUT2D eigenvalue weighted by Crippen LogP contribution is -2.38. The third-order valence-electron chi connectivity index (χ3n) is 5.11. The second kappa shape index (κ2) is 9.17. The summed E-state index contributed by atoms with van der Waals surface area (Å²) < 4.78 is 11.9. The molecule has 1 unspecified atom stereocenters. The van der Waals surface area contributed by atoms with Gasteiger partial charge in [0.2, 0.25) is 5.91 Å². The predicted molar refractivity (Wildman–Crippen MR) is 119 cm³/mol. The number of methoxy groups -OCH3 is 1. The third-order valence-corrected chi connectivity index (χ3v) is 6.65. The van der Waals surface area contributed by atoms with Gasteiger partial charge >= 0.3 is 0 Å². The third kappa shape index (κ3) is 4.63.